The molecule has 0 radical (unpaired) electrons. The van der Waals surface area contributed by atoms with Crippen LogP contribution in [-0.4, -0.2) is 24.5 Å². The van der Waals surface area contributed by atoms with Gasteiger partial charge in [-0.2, -0.15) is 0 Å². The average molecular weight is 297 g/mol. The van der Waals surface area contributed by atoms with E-state index < -0.39 is 17.5 Å². The number of rotatable bonds is 1. The SMILES string of the molecule is COC(=O)[C@]12C[C@@H]1C(=O)c1cc(Br)ccc1O2. The van der Waals surface area contributed by atoms with Gasteiger partial charge in [0.15, 0.2) is 5.78 Å². The Bertz CT molecular complexity index is 539. The molecule has 4 nitrogen and oxygen atoms in total. The number of ether oxygens (including phenoxy) is 2. The lowest BCUT2D eigenvalue weighted by Crippen LogP contribution is -2.38. The van der Waals surface area contributed by atoms with E-state index in [-0.39, 0.29) is 5.78 Å². The van der Waals surface area contributed by atoms with Gasteiger partial charge in [-0.3, -0.25) is 4.79 Å². The number of carbonyl (C=O) groups excluding carboxylic acids is 2. The lowest BCUT2D eigenvalue weighted by molar-refractivity contribution is -0.151. The lowest BCUT2D eigenvalue weighted by atomic mass is 10.0. The number of carbonyl (C=O) groups is 2. The normalized spacial score (nSPS) is 28.8. The van der Waals surface area contributed by atoms with Crippen molar-refractivity contribution < 1.29 is 19.1 Å². The van der Waals surface area contributed by atoms with Crippen molar-refractivity contribution in [2.24, 2.45) is 5.92 Å². The van der Waals surface area contributed by atoms with Crippen LogP contribution in [0.5, 0.6) is 5.75 Å². The summed E-state index contributed by atoms with van der Waals surface area (Å²) in [5, 5.41) is 0. The summed E-state index contributed by atoms with van der Waals surface area (Å²) < 4.78 is 11.2. The molecule has 1 aromatic rings. The molecule has 3 rings (SSSR count). The fraction of sp³-hybridized carbons (Fsp3) is 0.333. The molecule has 1 aliphatic heterocycles. The van der Waals surface area contributed by atoms with Crippen LogP contribution in [0.3, 0.4) is 0 Å². The highest BCUT2D eigenvalue weighted by Crippen LogP contribution is 2.54. The van der Waals surface area contributed by atoms with Gasteiger partial charge < -0.3 is 9.47 Å². The first-order chi connectivity index (χ1) is 8.08. The Labute approximate surface area is 106 Å². The third-order valence-corrected chi connectivity index (χ3v) is 3.75. The van der Waals surface area contributed by atoms with Crippen LogP contribution in [0.25, 0.3) is 0 Å². The third kappa shape index (κ3) is 1.35. The van der Waals surface area contributed by atoms with Crippen molar-refractivity contribution in [1.29, 1.82) is 0 Å². The molecule has 0 bridgehead atoms. The average Bonchev–Trinajstić information content (AvgIpc) is 3.06. The van der Waals surface area contributed by atoms with E-state index in [1.54, 1.807) is 18.2 Å². The second-order valence-corrected chi connectivity index (χ2v) is 5.16. The zero-order valence-corrected chi connectivity index (χ0v) is 10.6. The molecule has 2 aliphatic rings. The van der Waals surface area contributed by atoms with E-state index in [2.05, 4.69) is 15.9 Å². The van der Waals surface area contributed by atoms with Gasteiger partial charge in [0.2, 0.25) is 5.60 Å². The molecule has 0 saturated heterocycles. The first-order valence-electron chi connectivity index (χ1n) is 5.20. The third-order valence-electron chi connectivity index (χ3n) is 3.26. The summed E-state index contributed by atoms with van der Waals surface area (Å²) in [7, 11) is 1.30. The zero-order chi connectivity index (χ0) is 12.2. The highest BCUT2D eigenvalue weighted by Gasteiger charge is 2.70. The second-order valence-electron chi connectivity index (χ2n) is 4.24. The summed E-state index contributed by atoms with van der Waals surface area (Å²) in [4.78, 5) is 23.8. The van der Waals surface area contributed by atoms with Gasteiger partial charge in [0.1, 0.15) is 5.75 Å². The van der Waals surface area contributed by atoms with Crippen LogP contribution in [0.15, 0.2) is 22.7 Å². The molecule has 0 amide bonds. The Morgan fingerprint density at radius 2 is 2.35 bits per heavy atom. The molecular weight excluding hydrogens is 288 g/mol. The summed E-state index contributed by atoms with van der Waals surface area (Å²) in [6.07, 6.45) is 0.408. The fourth-order valence-electron chi connectivity index (χ4n) is 2.27. The van der Waals surface area contributed by atoms with Crippen LogP contribution in [0.4, 0.5) is 0 Å². The molecule has 1 saturated carbocycles. The topological polar surface area (TPSA) is 52.6 Å². The van der Waals surface area contributed by atoms with Crippen molar-refractivity contribution in [3.8, 4) is 5.75 Å². The van der Waals surface area contributed by atoms with Crippen molar-refractivity contribution in [1.82, 2.24) is 0 Å². The number of ketones is 1. The highest BCUT2D eigenvalue weighted by molar-refractivity contribution is 9.10. The summed E-state index contributed by atoms with van der Waals surface area (Å²) in [6.45, 7) is 0. The van der Waals surface area contributed by atoms with Crippen LogP contribution in [0.2, 0.25) is 0 Å². The van der Waals surface area contributed by atoms with Gasteiger partial charge in [0.25, 0.3) is 0 Å². The number of benzene rings is 1. The fourth-order valence-corrected chi connectivity index (χ4v) is 2.63. The molecule has 88 valence electrons. The Morgan fingerprint density at radius 1 is 1.59 bits per heavy atom. The Hall–Kier alpha value is -1.36. The van der Waals surface area contributed by atoms with Crippen LogP contribution < -0.4 is 4.74 Å². The molecule has 0 aromatic heterocycles. The summed E-state index contributed by atoms with van der Waals surface area (Å²) >= 11 is 3.31. The van der Waals surface area contributed by atoms with E-state index in [1.165, 1.54) is 7.11 Å². The number of fused-ring (bicyclic) bond motifs is 2. The van der Waals surface area contributed by atoms with Gasteiger partial charge >= 0.3 is 5.97 Å². The summed E-state index contributed by atoms with van der Waals surface area (Å²) in [5.41, 5.74) is -0.534. The minimum atomic E-state index is -1.06. The number of methoxy groups -OCH3 is 1. The maximum Gasteiger partial charge on any atom is 0.351 e. The molecule has 5 heteroatoms. The van der Waals surface area contributed by atoms with Gasteiger partial charge in [0.05, 0.1) is 18.6 Å². The van der Waals surface area contributed by atoms with E-state index in [1.807, 2.05) is 0 Å². The first-order valence-corrected chi connectivity index (χ1v) is 5.99. The van der Waals surface area contributed by atoms with Crippen molar-refractivity contribution in [3.63, 3.8) is 0 Å². The van der Waals surface area contributed by atoms with Crippen molar-refractivity contribution in [3.05, 3.63) is 28.2 Å². The molecule has 17 heavy (non-hydrogen) atoms. The first kappa shape index (κ1) is 10.8. The van der Waals surface area contributed by atoms with Gasteiger partial charge in [-0.25, -0.2) is 4.79 Å². The molecule has 1 fully saturated rings. The number of esters is 1. The molecule has 2 atom stereocenters. The second kappa shape index (κ2) is 3.32. The van der Waals surface area contributed by atoms with Crippen molar-refractivity contribution in [2.75, 3.05) is 7.11 Å². The number of hydrogen-bond acceptors (Lipinski definition) is 4. The van der Waals surface area contributed by atoms with Gasteiger partial charge in [0, 0.05) is 10.9 Å². The van der Waals surface area contributed by atoms with E-state index >= 15 is 0 Å². The molecular formula is C12H9BrO4. The van der Waals surface area contributed by atoms with Crippen molar-refractivity contribution >= 4 is 27.7 Å². The van der Waals surface area contributed by atoms with E-state index in [0.29, 0.717) is 17.7 Å². The Morgan fingerprint density at radius 3 is 3.06 bits per heavy atom. The maximum atomic E-state index is 12.1. The van der Waals surface area contributed by atoms with Crippen LogP contribution in [0, 0.1) is 5.92 Å². The minimum absolute atomic E-state index is 0.0436. The van der Waals surface area contributed by atoms with Crippen molar-refractivity contribution in [2.45, 2.75) is 12.0 Å². The predicted octanol–water partition coefficient (Wildman–Crippen LogP) is 1.96. The quantitative estimate of drug-likeness (QED) is 0.744. The van der Waals surface area contributed by atoms with Crippen LogP contribution in [-0.2, 0) is 9.53 Å². The smallest absolute Gasteiger partial charge is 0.351 e. The summed E-state index contributed by atoms with van der Waals surface area (Å²) in [5.74, 6) is -0.448. The zero-order valence-electron chi connectivity index (χ0n) is 9.03. The molecule has 1 heterocycles. The van der Waals surface area contributed by atoms with Gasteiger partial charge in [-0.05, 0) is 18.2 Å². The maximum absolute atomic E-state index is 12.1. The van der Waals surface area contributed by atoms with Gasteiger partial charge in [-0.15, -0.1) is 0 Å². The number of halogens is 1. The standard InChI is InChI=1S/C12H9BrO4/c1-16-11(15)12-5-8(12)10(14)7-4-6(13)2-3-9(7)17-12/h2-4,8H,5H2,1H3/t8-,12+/m1/s1. The van der Waals surface area contributed by atoms with Crippen LogP contribution >= 0.6 is 15.9 Å². The predicted molar refractivity (Wildman–Crippen MR) is 62.0 cm³/mol. The molecule has 1 aromatic carbocycles. The van der Waals surface area contributed by atoms with E-state index in [9.17, 15) is 9.59 Å². The molecule has 0 unspecified atom stereocenters. The Balaban J connectivity index is 2.06. The minimum Gasteiger partial charge on any atom is -0.474 e. The van der Waals surface area contributed by atoms with E-state index in [4.69, 9.17) is 9.47 Å². The van der Waals surface area contributed by atoms with E-state index in [0.717, 1.165) is 4.47 Å². The number of Topliss-reactive ketones (excluding diaryl/α,β-unsaturated/α-hetero) is 1. The summed E-state index contributed by atoms with van der Waals surface area (Å²) in [6, 6.07) is 5.19. The molecule has 0 N–H and O–H groups in total. The number of hydrogen-bond donors (Lipinski definition) is 0. The lowest BCUT2D eigenvalue weighted by Gasteiger charge is -2.23. The highest BCUT2D eigenvalue weighted by atomic mass is 79.9. The largest absolute Gasteiger partial charge is 0.474 e. The molecule has 0 spiro atoms. The van der Waals surface area contributed by atoms with Gasteiger partial charge in [-0.1, -0.05) is 15.9 Å². The monoisotopic (exact) mass is 296 g/mol. The Kier molecular flexibility index (Phi) is 2.10. The van der Waals surface area contributed by atoms with Crippen LogP contribution in [0.1, 0.15) is 16.8 Å². The molecule has 1 aliphatic carbocycles.